The fourth-order valence-corrected chi connectivity index (χ4v) is 3.86. The van der Waals surface area contributed by atoms with E-state index in [0.29, 0.717) is 19.9 Å². The SMILES string of the molecule is CC.CCN(COCc1nc2ccccn2c1-c1ccccn1)C(C)CN=C/C(=C\N)c1ccccn1. The average molecular weight is 500 g/mol. The van der Waals surface area contributed by atoms with Gasteiger partial charge in [-0.3, -0.25) is 24.3 Å². The first kappa shape index (κ1) is 27.7. The van der Waals surface area contributed by atoms with Gasteiger partial charge in [0.1, 0.15) is 5.65 Å². The van der Waals surface area contributed by atoms with Gasteiger partial charge in [0.15, 0.2) is 0 Å². The topological polar surface area (TPSA) is 93.9 Å². The average Bonchev–Trinajstić information content (AvgIpc) is 3.33. The Morgan fingerprint density at radius 3 is 2.51 bits per heavy atom. The number of likely N-dealkylation sites (N-methyl/N-ethyl adjacent to an activating group) is 1. The summed E-state index contributed by atoms with van der Waals surface area (Å²) in [7, 11) is 0. The Balaban J connectivity index is 0.00000186. The number of allylic oxidation sites excluding steroid dienone is 1. The van der Waals surface area contributed by atoms with Crippen LogP contribution in [-0.4, -0.2) is 56.3 Å². The molecule has 4 aromatic heterocycles. The van der Waals surface area contributed by atoms with Crippen molar-refractivity contribution in [3.63, 3.8) is 0 Å². The van der Waals surface area contributed by atoms with Crippen molar-refractivity contribution in [1.29, 1.82) is 0 Å². The molecule has 8 nitrogen and oxygen atoms in total. The van der Waals surface area contributed by atoms with E-state index in [1.807, 2.05) is 74.6 Å². The third-order valence-electron chi connectivity index (χ3n) is 5.78. The van der Waals surface area contributed by atoms with Crippen LogP contribution in [0.2, 0.25) is 0 Å². The number of rotatable bonds is 11. The Labute approximate surface area is 219 Å². The van der Waals surface area contributed by atoms with Crippen LogP contribution in [0.25, 0.3) is 22.6 Å². The Morgan fingerprint density at radius 1 is 1.08 bits per heavy atom. The van der Waals surface area contributed by atoms with E-state index in [2.05, 4.69) is 38.1 Å². The Kier molecular flexibility index (Phi) is 10.9. The molecule has 0 aliphatic rings. The Hall–Kier alpha value is -3.88. The van der Waals surface area contributed by atoms with Crippen LogP contribution in [0.4, 0.5) is 0 Å². The molecule has 0 fully saturated rings. The monoisotopic (exact) mass is 499 g/mol. The summed E-state index contributed by atoms with van der Waals surface area (Å²) in [5, 5.41) is 0. The van der Waals surface area contributed by atoms with E-state index in [4.69, 9.17) is 15.5 Å². The molecule has 0 bridgehead atoms. The first-order chi connectivity index (χ1) is 18.2. The molecule has 0 aliphatic heterocycles. The number of fused-ring (bicyclic) bond motifs is 1. The molecule has 4 heterocycles. The molecule has 0 radical (unpaired) electrons. The molecule has 0 aliphatic carbocycles. The van der Waals surface area contributed by atoms with Crippen molar-refractivity contribution >= 4 is 17.4 Å². The van der Waals surface area contributed by atoms with Crippen molar-refractivity contribution in [2.75, 3.05) is 19.8 Å². The molecule has 1 atom stereocenters. The molecular weight excluding hydrogens is 462 g/mol. The van der Waals surface area contributed by atoms with Crippen LogP contribution in [0.5, 0.6) is 0 Å². The summed E-state index contributed by atoms with van der Waals surface area (Å²) in [6.45, 7) is 10.6. The third kappa shape index (κ3) is 7.31. The summed E-state index contributed by atoms with van der Waals surface area (Å²) in [5.41, 5.74) is 10.9. The highest BCUT2D eigenvalue weighted by molar-refractivity contribution is 6.08. The minimum atomic E-state index is 0.190. The highest BCUT2D eigenvalue weighted by Gasteiger charge is 2.17. The predicted octanol–water partition coefficient (Wildman–Crippen LogP) is 5.07. The van der Waals surface area contributed by atoms with Crippen LogP contribution < -0.4 is 5.73 Å². The molecule has 0 saturated carbocycles. The third-order valence-corrected chi connectivity index (χ3v) is 5.78. The highest BCUT2D eigenvalue weighted by atomic mass is 16.5. The number of hydrogen-bond donors (Lipinski definition) is 1. The van der Waals surface area contributed by atoms with Crippen LogP contribution in [0, 0.1) is 0 Å². The largest absolute Gasteiger partial charge is 0.404 e. The second-order valence-electron chi connectivity index (χ2n) is 8.11. The van der Waals surface area contributed by atoms with Crippen molar-refractivity contribution in [1.82, 2.24) is 24.3 Å². The Morgan fingerprint density at radius 2 is 1.84 bits per heavy atom. The molecule has 37 heavy (non-hydrogen) atoms. The van der Waals surface area contributed by atoms with Crippen molar-refractivity contribution < 1.29 is 4.74 Å². The molecule has 1 unspecified atom stereocenters. The van der Waals surface area contributed by atoms with Gasteiger partial charge in [-0.25, -0.2) is 4.98 Å². The van der Waals surface area contributed by atoms with Crippen LogP contribution in [0.3, 0.4) is 0 Å². The number of ether oxygens (including phenoxy) is 1. The van der Waals surface area contributed by atoms with Gasteiger partial charge in [-0.2, -0.15) is 0 Å². The Bertz CT molecular complexity index is 1270. The molecule has 0 amide bonds. The van der Waals surface area contributed by atoms with E-state index in [1.54, 1.807) is 18.6 Å². The quantitative estimate of drug-likeness (QED) is 0.229. The number of pyridine rings is 3. The minimum Gasteiger partial charge on any atom is -0.404 e. The van der Waals surface area contributed by atoms with E-state index in [0.717, 1.165) is 40.5 Å². The molecule has 4 aromatic rings. The van der Waals surface area contributed by atoms with Gasteiger partial charge in [-0.05, 0) is 49.9 Å². The van der Waals surface area contributed by atoms with Gasteiger partial charge in [0.05, 0.1) is 42.7 Å². The zero-order valence-electron chi connectivity index (χ0n) is 22.2. The standard InChI is InChI=1S/C27H31N7O.C2H6/c1-3-33(21(2)17-29-18-22(16-28)23-10-4-7-13-30-23)20-35-19-25-27(24-11-5-8-14-31-24)34-15-9-6-12-26(34)32-25;1-2/h4-16,18,21H,3,17,19-20,28H2,1-2H3;1-2H3/b22-16+,29-18?;. The van der Waals surface area contributed by atoms with Crippen LogP contribution in [-0.2, 0) is 11.3 Å². The lowest BCUT2D eigenvalue weighted by atomic mass is 10.2. The minimum absolute atomic E-state index is 0.190. The lowest BCUT2D eigenvalue weighted by molar-refractivity contribution is 0.00340. The van der Waals surface area contributed by atoms with Gasteiger partial charge in [-0.15, -0.1) is 0 Å². The van der Waals surface area contributed by atoms with Gasteiger partial charge in [0.25, 0.3) is 0 Å². The van der Waals surface area contributed by atoms with Gasteiger partial charge in [0, 0.05) is 42.6 Å². The van der Waals surface area contributed by atoms with Crippen molar-refractivity contribution in [2.24, 2.45) is 10.7 Å². The van der Waals surface area contributed by atoms with Crippen LogP contribution in [0.15, 0.2) is 84.4 Å². The second-order valence-corrected chi connectivity index (χ2v) is 8.11. The maximum absolute atomic E-state index is 6.13. The van der Waals surface area contributed by atoms with E-state index >= 15 is 0 Å². The normalized spacial score (nSPS) is 12.6. The van der Waals surface area contributed by atoms with Gasteiger partial charge in [0.2, 0.25) is 0 Å². The van der Waals surface area contributed by atoms with Crippen molar-refractivity contribution in [3.05, 3.63) is 90.8 Å². The lowest BCUT2D eigenvalue weighted by Gasteiger charge is -2.26. The second kappa shape index (κ2) is 14.6. The van der Waals surface area contributed by atoms with Gasteiger partial charge < -0.3 is 10.5 Å². The zero-order chi connectivity index (χ0) is 26.5. The maximum Gasteiger partial charge on any atom is 0.137 e. The van der Waals surface area contributed by atoms with Crippen molar-refractivity contribution in [3.8, 4) is 11.4 Å². The number of aliphatic imine (C=N–C) groups is 1. The molecule has 0 spiro atoms. The maximum atomic E-state index is 6.13. The van der Waals surface area contributed by atoms with Crippen molar-refractivity contribution in [2.45, 2.75) is 40.3 Å². The van der Waals surface area contributed by atoms with Gasteiger partial charge >= 0.3 is 0 Å². The molecule has 0 saturated heterocycles. The summed E-state index contributed by atoms with van der Waals surface area (Å²) in [4.78, 5) is 20.5. The number of imidazole rings is 1. The van der Waals surface area contributed by atoms with E-state index in [1.165, 1.54) is 6.20 Å². The molecule has 2 N–H and O–H groups in total. The number of nitrogens with two attached hydrogens (primary N) is 1. The summed E-state index contributed by atoms with van der Waals surface area (Å²) in [6.07, 6.45) is 8.86. The zero-order valence-corrected chi connectivity index (χ0v) is 22.2. The van der Waals surface area contributed by atoms with Gasteiger partial charge in [-0.1, -0.05) is 39.0 Å². The first-order valence-corrected chi connectivity index (χ1v) is 12.7. The summed E-state index contributed by atoms with van der Waals surface area (Å²) in [6, 6.07) is 17.8. The smallest absolute Gasteiger partial charge is 0.137 e. The summed E-state index contributed by atoms with van der Waals surface area (Å²) in [5.74, 6) is 0. The lowest BCUT2D eigenvalue weighted by Crippen LogP contribution is -2.36. The molecule has 194 valence electrons. The molecule has 4 rings (SSSR count). The fourth-order valence-electron chi connectivity index (χ4n) is 3.86. The number of hydrogen-bond acceptors (Lipinski definition) is 7. The highest BCUT2D eigenvalue weighted by Crippen LogP contribution is 2.24. The van der Waals surface area contributed by atoms with E-state index in [-0.39, 0.29) is 6.04 Å². The molecule has 0 aromatic carbocycles. The van der Waals surface area contributed by atoms with Crippen LogP contribution in [0.1, 0.15) is 39.1 Å². The van der Waals surface area contributed by atoms with E-state index < -0.39 is 0 Å². The number of nitrogens with zero attached hydrogens (tertiary/aromatic N) is 6. The summed E-state index contributed by atoms with van der Waals surface area (Å²) < 4.78 is 8.19. The first-order valence-electron chi connectivity index (χ1n) is 12.7. The molecular formula is C29H37N7O. The van der Waals surface area contributed by atoms with E-state index in [9.17, 15) is 0 Å². The molecule has 8 heteroatoms. The predicted molar refractivity (Wildman–Crippen MR) is 151 cm³/mol. The van der Waals surface area contributed by atoms with Crippen LogP contribution >= 0.6 is 0 Å². The fraction of sp³-hybridized carbons (Fsp3) is 0.310. The summed E-state index contributed by atoms with van der Waals surface area (Å²) >= 11 is 0. The number of aromatic nitrogens is 4.